The summed E-state index contributed by atoms with van der Waals surface area (Å²) in [6, 6.07) is 24.5. The highest BCUT2D eigenvalue weighted by Gasteiger charge is 2.39. The summed E-state index contributed by atoms with van der Waals surface area (Å²) in [6.45, 7) is 9.46. The number of benzene rings is 3. The topological polar surface area (TPSA) is 80.3 Å². The summed E-state index contributed by atoms with van der Waals surface area (Å²) in [6.07, 6.45) is 4.21. The molecule has 0 spiro atoms. The molecule has 2 N–H and O–H groups in total. The average molecular weight is 571 g/mol. The largest absolute Gasteiger partial charge is 0.445 e. The second-order valence-corrected chi connectivity index (χ2v) is 11.2. The third-order valence-corrected chi connectivity index (χ3v) is 8.20. The summed E-state index contributed by atoms with van der Waals surface area (Å²) in [5.41, 5.74) is 6.02. The zero-order valence-corrected chi connectivity index (χ0v) is 24.4. The number of hydrogen-bond donors (Lipinski definition) is 2. The molecule has 2 aliphatic heterocycles. The highest BCUT2D eigenvalue weighted by atomic mass is 16.7. The maximum absolute atomic E-state index is 11.9. The third kappa shape index (κ3) is 7.66. The molecule has 3 aromatic rings. The van der Waals surface area contributed by atoms with Crippen LogP contribution < -0.4 is 5.32 Å². The number of nitrogens with zero attached hydrogens (tertiary/aromatic N) is 1. The Hall–Kier alpha value is -3.49. The molecule has 42 heavy (non-hydrogen) atoms. The van der Waals surface area contributed by atoms with Gasteiger partial charge in [-0.25, -0.2) is 4.79 Å². The Kier molecular flexibility index (Phi) is 10.4. The molecule has 2 fully saturated rings. The molecule has 2 heterocycles. The van der Waals surface area contributed by atoms with Crippen molar-refractivity contribution in [3.8, 4) is 11.1 Å². The fourth-order valence-corrected chi connectivity index (χ4v) is 5.81. The Morgan fingerprint density at radius 1 is 0.976 bits per heavy atom. The molecule has 1 amide bonds. The standard InChI is InChI=1S/C35H42N2O5/c1-3-19-40-35(39)36-22-27-9-7-10-29(20-27)30-11-8-12-31(21-30)34-41-32(23-37-17-5-4-6-18-37)25(2)33(42-34)28-15-13-26(24-38)14-16-28/h3,7-16,20-21,25,32-34,38H,1,4-6,17-19,22-24H2,2H3,(H,36,39). The lowest BCUT2D eigenvalue weighted by molar-refractivity contribution is -0.276. The number of piperidine rings is 1. The lowest BCUT2D eigenvalue weighted by Gasteiger charge is -2.43. The van der Waals surface area contributed by atoms with Crippen LogP contribution in [0.25, 0.3) is 11.1 Å². The third-order valence-electron chi connectivity index (χ3n) is 8.20. The normalized spacial score (nSPS) is 22.8. The molecule has 4 unspecified atom stereocenters. The fourth-order valence-electron chi connectivity index (χ4n) is 5.81. The summed E-state index contributed by atoms with van der Waals surface area (Å²) >= 11 is 0. The van der Waals surface area contributed by atoms with Crippen molar-refractivity contribution in [3.05, 3.63) is 108 Å². The Balaban J connectivity index is 1.36. The number of alkyl carbamates (subject to hydrolysis) is 1. The quantitative estimate of drug-likeness (QED) is 0.270. The van der Waals surface area contributed by atoms with Crippen LogP contribution in [0, 0.1) is 5.92 Å². The second-order valence-electron chi connectivity index (χ2n) is 11.2. The minimum absolute atomic E-state index is 0.0169. The fraction of sp³-hybridized carbons (Fsp3) is 0.400. The maximum Gasteiger partial charge on any atom is 0.407 e. The van der Waals surface area contributed by atoms with Crippen molar-refractivity contribution >= 4 is 6.09 Å². The van der Waals surface area contributed by atoms with Gasteiger partial charge >= 0.3 is 6.09 Å². The molecular formula is C35H42N2O5. The highest BCUT2D eigenvalue weighted by molar-refractivity contribution is 5.68. The Labute approximate surface area is 249 Å². The predicted molar refractivity (Wildman–Crippen MR) is 164 cm³/mol. The van der Waals surface area contributed by atoms with E-state index in [0.29, 0.717) is 6.54 Å². The van der Waals surface area contributed by atoms with Crippen LogP contribution in [-0.4, -0.2) is 48.4 Å². The van der Waals surface area contributed by atoms with E-state index in [1.807, 2.05) is 30.3 Å². The minimum Gasteiger partial charge on any atom is -0.445 e. The number of rotatable bonds is 10. The van der Waals surface area contributed by atoms with Crippen molar-refractivity contribution in [2.45, 2.75) is 57.8 Å². The number of nitrogens with one attached hydrogen (secondary N) is 1. The molecule has 2 saturated heterocycles. The highest BCUT2D eigenvalue weighted by Crippen LogP contribution is 2.42. The molecule has 5 rings (SSSR count). The number of carbonyl (C=O) groups is 1. The molecule has 7 nitrogen and oxygen atoms in total. The Morgan fingerprint density at radius 3 is 2.45 bits per heavy atom. The molecule has 4 atom stereocenters. The lowest BCUT2D eigenvalue weighted by Crippen LogP contribution is -2.45. The summed E-state index contributed by atoms with van der Waals surface area (Å²) in [5, 5.41) is 12.3. The van der Waals surface area contributed by atoms with Gasteiger partial charge in [0.15, 0.2) is 6.29 Å². The van der Waals surface area contributed by atoms with Crippen molar-refractivity contribution in [1.29, 1.82) is 0 Å². The molecule has 0 radical (unpaired) electrons. The predicted octanol–water partition coefficient (Wildman–Crippen LogP) is 6.54. The van der Waals surface area contributed by atoms with Crippen molar-refractivity contribution in [1.82, 2.24) is 10.2 Å². The van der Waals surface area contributed by atoms with E-state index in [1.165, 1.54) is 19.3 Å². The van der Waals surface area contributed by atoms with Crippen LogP contribution in [-0.2, 0) is 27.4 Å². The summed E-state index contributed by atoms with van der Waals surface area (Å²) in [5.74, 6) is 0.161. The molecule has 0 saturated carbocycles. The van der Waals surface area contributed by atoms with E-state index < -0.39 is 12.4 Å². The molecule has 0 aromatic heterocycles. The first-order chi connectivity index (χ1) is 20.5. The van der Waals surface area contributed by atoms with E-state index >= 15 is 0 Å². The molecule has 7 heteroatoms. The van der Waals surface area contributed by atoms with Gasteiger partial charge in [-0.3, -0.25) is 0 Å². The molecule has 2 aliphatic rings. The van der Waals surface area contributed by atoms with Gasteiger partial charge in [-0.2, -0.15) is 0 Å². The van der Waals surface area contributed by atoms with Crippen molar-refractivity contribution in [2.75, 3.05) is 26.2 Å². The van der Waals surface area contributed by atoms with Crippen LogP contribution in [0.15, 0.2) is 85.5 Å². The van der Waals surface area contributed by atoms with Crippen molar-refractivity contribution in [2.24, 2.45) is 5.92 Å². The smallest absolute Gasteiger partial charge is 0.407 e. The number of aliphatic hydroxyl groups excluding tert-OH is 1. The minimum atomic E-state index is -0.511. The van der Waals surface area contributed by atoms with Crippen molar-refractivity contribution < 1.29 is 24.1 Å². The number of amides is 1. The first-order valence-electron chi connectivity index (χ1n) is 15.0. The zero-order chi connectivity index (χ0) is 29.3. The van der Waals surface area contributed by atoms with Gasteiger partial charge < -0.3 is 29.5 Å². The molecule has 0 aliphatic carbocycles. The average Bonchev–Trinajstić information content (AvgIpc) is 3.04. The van der Waals surface area contributed by atoms with Gasteiger partial charge in [0.05, 0.1) is 18.8 Å². The molecule has 3 aromatic carbocycles. The van der Waals surface area contributed by atoms with Crippen LogP contribution in [0.4, 0.5) is 4.79 Å². The number of ether oxygens (including phenoxy) is 3. The monoisotopic (exact) mass is 570 g/mol. The van der Waals surface area contributed by atoms with Gasteiger partial charge in [0.25, 0.3) is 0 Å². The van der Waals surface area contributed by atoms with Crippen LogP contribution >= 0.6 is 0 Å². The zero-order valence-electron chi connectivity index (χ0n) is 24.4. The summed E-state index contributed by atoms with van der Waals surface area (Å²) < 4.78 is 18.4. The van der Waals surface area contributed by atoms with Crippen LogP contribution in [0.3, 0.4) is 0 Å². The number of aliphatic hydroxyl groups is 1. The van der Waals surface area contributed by atoms with E-state index in [4.69, 9.17) is 14.2 Å². The van der Waals surface area contributed by atoms with E-state index in [9.17, 15) is 9.90 Å². The van der Waals surface area contributed by atoms with E-state index in [0.717, 1.165) is 53.0 Å². The van der Waals surface area contributed by atoms with Gasteiger partial charge in [0.1, 0.15) is 6.61 Å². The van der Waals surface area contributed by atoms with Gasteiger partial charge in [-0.05, 0) is 65.9 Å². The number of hydrogen-bond acceptors (Lipinski definition) is 6. The van der Waals surface area contributed by atoms with E-state index in [2.05, 4.69) is 66.2 Å². The van der Waals surface area contributed by atoms with Gasteiger partial charge in [0.2, 0.25) is 0 Å². The number of carbonyl (C=O) groups excluding carboxylic acids is 1. The Bertz CT molecular complexity index is 1320. The van der Waals surface area contributed by atoms with Crippen LogP contribution in [0.1, 0.15) is 60.8 Å². The summed E-state index contributed by atoms with van der Waals surface area (Å²) in [7, 11) is 0. The molecular weight excluding hydrogens is 528 g/mol. The van der Waals surface area contributed by atoms with Gasteiger partial charge in [-0.15, -0.1) is 0 Å². The van der Waals surface area contributed by atoms with E-state index in [1.54, 1.807) is 6.08 Å². The lowest BCUT2D eigenvalue weighted by atomic mass is 9.89. The number of likely N-dealkylation sites (tertiary alicyclic amines) is 1. The Morgan fingerprint density at radius 2 is 1.71 bits per heavy atom. The second kappa shape index (κ2) is 14.6. The van der Waals surface area contributed by atoms with Gasteiger partial charge in [-0.1, -0.05) is 86.7 Å². The van der Waals surface area contributed by atoms with Crippen LogP contribution in [0.2, 0.25) is 0 Å². The maximum atomic E-state index is 11.9. The SMILES string of the molecule is C=CCOC(=O)NCc1cccc(-c2cccc(C3OC(CN4CCCCC4)C(C)C(c4ccc(CO)cc4)O3)c2)c1. The molecule has 222 valence electrons. The van der Waals surface area contributed by atoms with E-state index in [-0.39, 0.29) is 31.3 Å². The first kappa shape index (κ1) is 30.0. The van der Waals surface area contributed by atoms with Crippen LogP contribution in [0.5, 0.6) is 0 Å². The summed E-state index contributed by atoms with van der Waals surface area (Å²) in [4.78, 5) is 14.4. The van der Waals surface area contributed by atoms with Gasteiger partial charge in [0, 0.05) is 24.6 Å². The first-order valence-corrected chi connectivity index (χ1v) is 15.0. The molecule has 0 bridgehead atoms. The van der Waals surface area contributed by atoms with Crippen molar-refractivity contribution in [3.63, 3.8) is 0 Å².